The molecule has 2 rings (SSSR count). The van der Waals surface area contributed by atoms with E-state index in [9.17, 15) is 4.39 Å². The molecule has 4 heteroatoms. The molecule has 1 aromatic heterocycles. The van der Waals surface area contributed by atoms with E-state index in [0.717, 1.165) is 28.8 Å². The lowest BCUT2D eigenvalue weighted by Gasteiger charge is -2.06. The van der Waals surface area contributed by atoms with E-state index in [1.54, 1.807) is 13.2 Å². The number of aryl methyl sites for hydroxylation is 1. The van der Waals surface area contributed by atoms with Crippen LogP contribution in [0, 0.1) is 12.7 Å². The van der Waals surface area contributed by atoms with E-state index in [2.05, 4.69) is 0 Å². The van der Waals surface area contributed by atoms with Gasteiger partial charge in [-0.05, 0) is 25.1 Å². The molecule has 1 heterocycles. The maximum absolute atomic E-state index is 13.3. The van der Waals surface area contributed by atoms with Crippen LogP contribution in [-0.2, 0) is 11.8 Å². The Balaban J connectivity index is 2.30. The van der Waals surface area contributed by atoms with Crippen molar-refractivity contribution in [2.45, 2.75) is 13.3 Å². The first-order valence-corrected chi connectivity index (χ1v) is 6.01. The third-order valence-corrected chi connectivity index (χ3v) is 3.14. The molecule has 0 atom stereocenters. The third kappa shape index (κ3) is 2.34. The normalized spacial score (nSPS) is 11.1. The monoisotopic (exact) mass is 251 g/mol. The van der Waals surface area contributed by atoms with Crippen LogP contribution in [0.4, 0.5) is 4.39 Å². The van der Waals surface area contributed by atoms with Gasteiger partial charge in [0.2, 0.25) is 0 Å². The number of methoxy groups -OCH3 is 1. The van der Waals surface area contributed by atoms with Crippen LogP contribution in [0.25, 0.3) is 10.9 Å². The van der Waals surface area contributed by atoms with Gasteiger partial charge in [-0.3, -0.25) is 0 Å². The molecule has 0 unspecified atom stereocenters. The lowest BCUT2D eigenvalue weighted by molar-refractivity contribution is 0.172. The molecule has 3 nitrogen and oxygen atoms in total. The molecule has 0 saturated heterocycles. The van der Waals surface area contributed by atoms with E-state index in [1.165, 1.54) is 12.1 Å². The Morgan fingerprint density at radius 3 is 2.78 bits per heavy atom. The van der Waals surface area contributed by atoms with Crippen molar-refractivity contribution in [3.63, 3.8) is 0 Å². The fourth-order valence-corrected chi connectivity index (χ4v) is 2.07. The van der Waals surface area contributed by atoms with Gasteiger partial charge in [-0.1, -0.05) is 0 Å². The highest BCUT2D eigenvalue weighted by Gasteiger charge is 2.13. The minimum atomic E-state index is -0.241. The highest BCUT2D eigenvalue weighted by atomic mass is 19.1. The van der Waals surface area contributed by atoms with Crippen LogP contribution >= 0.6 is 0 Å². The van der Waals surface area contributed by atoms with Crippen LogP contribution in [0.5, 0.6) is 5.75 Å². The van der Waals surface area contributed by atoms with E-state index >= 15 is 0 Å². The Morgan fingerprint density at radius 2 is 2.06 bits per heavy atom. The lowest BCUT2D eigenvalue weighted by Crippen LogP contribution is -2.02. The summed E-state index contributed by atoms with van der Waals surface area (Å²) >= 11 is 0. The minimum Gasteiger partial charge on any atom is -0.491 e. The highest BCUT2D eigenvalue weighted by Crippen LogP contribution is 2.32. The van der Waals surface area contributed by atoms with Gasteiger partial charge in [0.05, 0.1) is 17.8 Å². The largest absolute Gasteiger partial charge is 0.491 e. The molecule has 0 saturated carbocycles. The summed E-state index contributed by atoms with van der Waals surface area (Å²) < 4.78 is 26.1. The average molecular weight is 251 g/mol. The quantitative estimate of drug-likeness (QED) is 0.762. The van der Waals surface area contributed by atoms with Crippen molar-refractivity contribution >= 4 is 10.9 Å². The van der Waals surface area contributed by atoms with E-state index in [4.69, 9.17) is 9.47 Å². The Bertz CT molecular complexity index is 548. The maximum Gasteiger partial charge on any atom is 0.147 e. The van der Waals surface area contributed by atoms with Gasteiger partial charge >= 0.3 is 0 Å². The first kappa shape index (κ1) is 12.9. The Kier molecular flexibility index (Phi) is 3.87. The second kappa shape index (κ2) is 5.40. The zero-order valence-corrected chi connectivity index (χ0v) is 11.0. The summed E-state index contributed by atoms with van der Waals surface area (Å²) in [4.78, 5) is 0. The van der Waals surface area contributed by atoms with Crippen molar-refractivity contribution < 1.29 is 13.9 Å². The second-order valence-corrected chi connectivity index (χ2v) is 4.33. The number of ether oxygens (including phenoxy) is 2. The van der Waals surface area contributed by atoms with Crippen LogP contribution < -0.4 is 4.74 Å². The zero-order chi connectivity index (χ0) is 13.1. The maximum atomic E-state index is 13.3. The van der Waals surface area contributed by atoms with Crippen LogP contribution in [0.2, 0.25) is 0 Å². The van der Waals surface area contributed by atoms with Gasteiger partial charge in [0.15, 0.2) is 0 Å². The fourth-order valence-electron chi connectivity index (χ4n) is 2.07. The molecule has 0 radical (unpaired) electrons. The first-order valence-electron chi connectivity index (χ1n) is 6.01. The van der Waals surface area contributed by atoms with Crippen LogP contribution in [0.1, 0.15) is 12.1 Å². The molecule has 98 valence electrons. The van der Waals surface area contributed by atoms with Gasteiger partial charge in [0.1, 0.15) is 11.6 Å². The number of halogens is 1. The first-order chi connectivity index (χ1) is 8.65. The second-order valence-electron chi connectivity index (χ2n) is 4.33. The van der Waals surface area contributed by atoms with Gasteiger partial charge in [0.25, 0.3) is 0 Å². The summed E-state index contributed by atoms with van der Waals surface area (Å²) in [5.41, 5.74) is 1.99. The molecule has 0 aliphatic heterocycles. The molecular formula is C14H18FNO2. The van der Waals surface area contributed by atoms with Gasteiger partial charge in [-0.25, -0.2) is 4.39 Å². The summed E-state index contributed by atoms with van der Waals surface area (Å²) in [7, 11) is 3.62. The number of fused-ring (bicyclic) bond motifs is 1. The molecule has 18 heavy (non-hydrogen) atoms. The molecule has 0 amide bonds. The third-order valence-electron chi connectivity index (χ3n) is 3.14. The Labute approximate surface area is 106 Å². The van der Waals surface area contributed by atoms with Gasteiger partial charge < -0.3 is 14.0 Å². The van der Waals surface area contributed by atoms with Crippen LogP contribution in [-0.4, -0.2) is 24.9 Å². The molecule has 0 aliphatic carbocycles. The van der Waals surface area contributed by atoms with Gasteiger partial charge in [0, 0.05) is 32.6 Å². The zero-order valence-electron chi connectivity index (χ0n) is 11.0. The molecule has 0 aliphatic rings. The van der Waals surface area contributed by atoms with Crippen molar-refractivity contribution in [1.82, 2.24) is 4.57 Å². The summed E-state index contributed by atoms with van der Waals surface area (Å²) in [6.45, 7) is 3.21. The van der Waals surface area contributed by atoms with Crippen molar-refractivity contribution in [2.24, 2.45) is 7.05 Å². The number of hydrogen-bond acceptors (Lipinski definition) is 2. The van der Waals surface area contributed by atoms with Crippen LogP contribution in [0.3, 0.4) is 0 Å². The van der Waals surface area contributed by atoms with E-state index in [1.807, 2.05) is 18.5 Å². The van der Waals surface area contributed by atoms with E-state index in [0.29, 0.717) is 13.2 Å². The number of nitrogens with zero attached hydrogens (tertiary/aromatic N) is 1. The number of rotatable bonds is 5. The fraction of sp³-hybridized carbons (Fsp3) is 0.429. The number of hydrogen-bond donors (Lipinski definition) is 0. The molecule has 0 bridgehead atoms. The predicted octanol–water partition coefficient (Wildman–Crippen LogP) is 3.04. The predicted molar refractivity (Wildman–Crippen MR) is 69.6 cm³/mol. The molecule has 0 spiro atoms. The summed E-state index contributed by atoms with van der Waals surface area (Å²) in [6.07, 6.45) is 0.821. The van der Waals surface area contributed by atoms with Crippen molar-refractivity contribution in [3.05, 3.63) is 29.7 Å². The van der Waals surface area contributed by atoms with Crippen molar-refractivity contribution in [1.29, 1.82) is 0 Å². The van der Waals surface area contributed by atoms with E-state index in [-0.39, 0.29) is 5.82 Å². The lowest BCUT2D eigenvalue weighted by atomic mass is 10.2. The Hall–Kier alpha value is -1.55. The average Bonchev–Trinajstić information content (AvgIpc) is 2.59. The molecule has 2 aromatic rings. The number of benzene rings is 1. The number of aromatic nitrogens is 1. The van der Waals surface area contributed by atoms with Crippen LogP contribution in [0.15, 0.2) is 18.2 Å². The summed E-state index contributed by atoms with van der Waals surface area (Å²) in [6, 6.07) is 4.77. The molecule has 0 N–H and O–H groups in total. The topological polar surface area (TPSA) is 23.4 Å². The summed E-state index contributed by atoms with van der Waals surface area (Å²) in [5.74, 6) is 0.526. The highest BCUT2D eigenvalue weighted by molar-refractivity contribution is 5.88. The molecule has 1 aromatic carbocycles. The van der Waals surface area contributed by atoms with E-state index < -0.39 is 0 Å². The smallest absolute Gasteiger partial charge is 0.147 e. The standard InChI is InChI=1S/C14H18FNO2/c1-10-14(18-8-4-7-17-3)12-9-11(15)5-6-13(12)16(10)2/h5-6,9H,4,7-8H2,1-3H3. The van der Waals surface area contributed by atoms with Gasteiger partial charge in [-0.15, -0.1) is 0 Å². The minimum absolute atomic E-state index is 0.241. The van der Waals surface area contributed by atoms with Crippen molar-refractivity contribution in [2.75, 3.05) is 20.3 Å². The SMILES string of the molecule is COCCCOc1c(C)n(C)c2ccc(F)cc12. The summed E-state index contributed by atoms with van der Waals surface area (Å²) in [5, 5.41) is 0.826. The molecular weight excluding hydrogens is 233 g/mol. The molecule has 0 fully saturated rings. The van der Waals surface area contributed by atoms with Gasteiger partial charge in [-0.2, -0.15) is 0 Å². The Morgan fingerprint density at radius 1 is 1.28 bits per heavy atom. The van der Waals surface area contributed by atoms with Crippen molar-refractivity contribution in [3.8, 4) is 5.75 Å².